The van der Waals surface area contributed by atoms with Crippen molar-refractivity contribution in [1.82, 2.24) is 4.90 Å². The average molecular weight is 385 g/mol. The van der Waals surface area contributed by atoms with Crippen LogP contribution in [0.15, 0.2) is 29.2 Å². The first-order valence-corrected chi connectivity index (χ1v) is 10.2. The molecule has 0 radical (unpaired) electrons. The van der Waals surface area contributed by atoms with Crippen LogP contribution in [0.5, 0.6) is 0 Å². The van der Waals surface area contributed by atoms with Gasteiger partial charge in [0.1, 0.15) is 5.82 Å². The van der Waals surface area contributed by atoms with Gasteiger partial charge in [-0.1, -0.05) is 0 Å². The molecule has 0 aromatic heterocycles. The molecule has 144 valence electrons. The quantitative estimate of drug-likeness (QED) is 0.728. The normalized spacial score (nSPS) is 19.2. The van der Waals surface area contributed by atoms with Gasteiger partial charge >= 0.3 is 5.97 Å². The van der Waals surface area contributed by atoms with Crippen molar-refractivity contribution in [2.24, 2.45) is 5.92 Å². The molecule has 6 nitrogen and oxygen atoms in total. The highest BCUT2D eigenvalue weighted by Gasteiger charge is 2.30. The Kier molecular flexibility index (Phi) is 6.75. The minimum atomic E-state index is -3.72. The monoisotopic (exact) mass is 385 g/mol. The smallest absolute Gasteiger partial charge is 0.303 e. The Bertz CT molecular complexity index is 747. The molecule has 1 N–H and O–H groups in total. The van der Waals surface area contributed by atoms with E-state index in [0.717, 1.165) is 25.0 Å². The number of carboxylic acids is 1. The largest absolute Gasteiger partial charge is 0.481 e. The van der Waals surface area contributed by atoms with Crippen LogP contribution in [-0.2, 0) is 19.4 Å². The average Bonchev–Trinajstić information content (AvgIpc) is 2.60. The zero-order valence-corrected chi connectivity index (χ0v) is 15.5. The van der Waals surface area contributed by atoms with E-state index in [1.165, 1.54) is 19.1 Å². The van der Waals surface area contributed by atoms with E-state index >= 15 is 0 Å². The van der Waals surface area contributed by atoms with E-state index in [2.05, 4.69) is 0 Å². The van der Waals surface area contributed by atoms with Gasteiger partial charge in [0.15, 0.2) is 9.84 Å². The standard InChI is InChI=1S/C18H24FNO5S/c1-13(26(24,25)16-7-5-15(19)6-8-16)11-17(21)20-10-2-3-14(12-20)4-9-18(22)23/h5-8,13-14H,2-4,9-12H2,1H3,(H,22,23). The fraction of sp³-hybridized carbons (Fsp3) is 0.556. The number of piperidine rings is 1. The van der Waals surface area contributed by atoms with Gasteiger partial charge in [0.2, 0.25) is 5.91 Å². The molecule has 1 aromatic rings. The number of nitrogens with zero attached hydrogens (tertiary/aromatic N) is 1. The first-order chi connectivity index (χ1) is 12.2. The summed E-state index contributed by atoms with van der Waals surface area (Å²) in [5, 5.41) is 7.87. The van der Waals surface area contributed by atoms with Crippen molar-refractivity contribution in [1.29, 1.82) is 0 Å². The summed E-state index contributed by atoms with van der Waals surface area (Å²) in [6.45, 7) is 2.50. The van der Waals surface area contributed by atoms with Crippen LogP contribution in [0, 0.1) is 11.7 Å². The topological polar surface area (TPSA) is 91.8 Å². The highest BCUT2D eigenvalue weighted by molar-refractivity contribution is 7.92. The third-order valence-electron chi connectivity index (χ3n) is 4.77. The summed E-state index contributed by atoms with van der Waals surface area (Å²) in [6, 6.07) is 4.57. The van der Waals surface area contributed by atoms with Crippen molar-refractivity contribution in [2.75, 3.05) is 13.1 Å². The summed E-state index contributed by atoms with van der Waals surface area (Å²) in [5.74, 6) is -1.49. The second-order valence-electron chi connectivity index (χ2n) is 6.79. The van der Waals surface area contributed by atoms with E-state index in [0.29, 0.717) is 19.5 Å². The Morgan fingerprint density at radius 2 is 1.96 bits per heavy atom. The molecule has 26 heavy (non-hydrogen) atoms. The number of carboxylic acid groups (broad SMARTS) is 1. The zero-order chi connectivity index (χ0) is 19.3. The maximum absolute atomic E-state index is 13.0. The van der Waals surface area contributed by atoms with Crippen LogP contribution in [0.4, 0.5) is 4.39 Å². The van der Waals surface area contributed by atoms with Crippen molar-refractivity contribution >= 4 is 21.7 Å². The molecule has 1 amide bonds. The maximum Gasteiger partial charge on any atom is 0.303 e. The number of carbonyl (C=O) groups excluding carboxylic acids is 1. The summed E-state index contributed by atoms with van der Waals surface area (Å²) < 4.78 is 38.1. The van der Waals surface area contributed by atoms with E-state index < -0.39 is 26.9 Å². The van der Waals surface area contributed by atoms with Crippen molar-refractivity contribution in [2.45, 2.75) is 49.2 Å². The van der Waals surface area contributed by atoms with Crippen LogP contribution in [-0.4, -0.2) is 48.6 Å². The Labute approximate surface area is 152 Å². The van der Waals surface area contributed by atoms with E-state index in [9.17, 15) is 22.4 Å². The molecule has 1 saturated heterocycles. The lowest BCUT2D eigenvalue weighted by molar-refractivity contribution is -0.137. The van der Waals surface area contributed by atoms with Gasteiger partial charge in [-0.3, -0.25) is 9.59 Å². The molecule has 0 aliphatic carbocycles. The third kappa shape index (κ3) is 5.27. The molecule has 2 atom stereocenters. The summed E-state index contributed by atoms with van der Waals surface area (Å²) >= 11 is 0. The van der Waals surface area contributed by atoms with E-state index in [-0.39, 0.29) is 29.6 Å². The molecule has 1 aliphatic rings. The van der Waals surface area contributed by atoms with Gasteiger partial charge in [0.25, 0.3) is 0 Å². The van der Waals surface area contributed by atoms with Gasteiger partial charge in [0, 0.05) is 25.9 Å². The number of aliphatic carboxylic acids is 1. The lowest BCUT2D eigenvalue weighted by Crippen LogP contribution is -2.41. The van der Waals surface area contributed by atoms with Gasteiger partial charge in [0.05, 0.1) is 10.1 Å². The fourth-order valence-electron chi connectivity index (χ4n) is 3.20. The Hall–Kier alpha value is -1.96. The SMILES string of the molecule is CC(CC(=O)N1CCCC(CCC(=O)O)C1)S(=O)(=O)c1ccc(F)cc1. The van der Waals surface area contributed by atoms with Crippen LogP contribution < -0.4 is 0 Å². The molecular formula is C18H24FNO5S. The number of hydrogen-bond donors (Lipinski definition) is 1. The Morgan fingerprint density at radius 3 is 2.58 bits per heavy atom. The Morgan fingerprint density at radius 1 is 1.31 bits per heavy atom. The van der Waals surface area contributed by atoms with Crippen LogP contribution in [0.25, 0.3) is 0 Å². The first-order valence-electron chi connectivity index (χ1n) is 8.69. The minimum absolute atomic E-state index is 0.00261. The summed E-state index contributed by atoms with van der Waals surface area (Å²) in [4.78, 5) is 24.8. The highest BCUT2D eigenvalue weighted by Crippen LogP contribution is 2.24. The van der Waals surface area contributed by atoms with Gasteiger partial charge in [-0.05, 0) is 56.4 Å². The second-order valence-corrected chi connectivity index (χ2v) is 9.16. The van der Waals surface area contributed by atoms with Crippen molar-refractivity contribution in [3.63, 3.8) is 0 Å². The number of carbonyl (C=O) groups is 2. The van der Waals surface area contributed by atoms with E-state index in [1.54, 1.807) is 4.90 Å². The second kappa shape index (κ2) is 8.62. The molecule has 1 aromatic carbocycles. The number of likely N-dealkylation sites (tertiary alicyclic amines) is 1. The highest BCUT2D eigenvalue weighted by atomic mass is 32.2. The van der Waals surface area contributed by atoms with Gasteiger partial charge in [-0.25, -0.2) is 12.8 Å². The fourth-order valence-corrected chi connectivity index (χ4v) is 4.54. The van der Waals surface area contributed by atoms with Crippen LogP contribution in [0.1, 0.15) is 39.0 Å². The molecule has 2 unspecified atom stereocenters. The van der Waals surface area contributed by atoms with Crippen molar-refractivity contribution in [3.05, 3.63) is 30.1 Å². The lowest BCUT2D eigenvalue weighted by atomic mass is 9.93. The van der Waals surface area contributed by atoms with Crippen molar-refractivity contribution < 1.29 is 27.5 Å². The molecule has 2 rings (SSSR count). The number of benzene rings is 1. The van der Waals surface area contributed by atoms with Crippen LogP contribution in [0.3, 0.4) is 0 Å². The summed E-state index contributed by atoms with van der Waals surface area (Å²) in [6.07, 6.45) is 2.10. The minimum Gasteiger partial charge on any atom is -0.481 e. The number of amides is 1. The summed E-state index contributed by atoms with van der Waals surface area (Å²) in [7, 11) is -3.72. The Balaban J connectivity index is 1.97. The van der Waals surface area contributed by atoms with Gasteiger partial charge < -0.3 is 10.0 Å². The number of rotatable bonds is 7. The predicted octanol–water partition coefficient (Wildman–Crippen LogP) is 2.48. The molecule has 0 spiro atoms. The molecule has 0 saturated carbocycles. The molecular weight excluding hydrogens is 361 g/mol. The van der Waals surface area contributed by atoms with Crippen LogP contribution >= 0.6 is 0 Å². The predicted molar refractivity (Wildman–Crippen MR) is 93.8 cm³/mol. The first kappa shape index (κ1) is 20.4. The zero-order valence-electron chi connectivity index (χ0n) is 14.7. The number of halogens is 1. The van der Waals surface area contributed by atoms with Crippen molar-refractivity contribution in [3.8, 4) is 0 Å². The lowest BCUT2D eigenvalue weighted by Gasteiger charge is -2.33. The van der Waals surface area contributed by atoms with Gasteiger partial charge in [-0.15, -0.1) is 0 Å². The molecule has 1 heterocycles. The van der Waals surface area contributed by atoms with E-state index in [1.807, 2.05) is 0 Å². The molecule has 1 fully saturated rings. The molecule has 1 aliphatic heterocycles. The van der Waals surface area contributed by atoms with E-state index in [4.69, 9.17) is 5.11 Å². The molecule has 0 bridgehead atoms. The summed E-state index contributed by atoms with van der Waals surface area (Å²) in [5.41, 5.74) is 0. The molecule has 8 heteroatoms. The van der Waals surface area contributed by atoms with Gasteiger partial charge in [-0.2, -0.15) is 0 Å². The number of hydrogen-bond acceptors (Lipinski definition) is 4. The number of sulfone groups is 1. The maximum atomic E-state index is 13.0. The van der Waals surface area contributed by atoms with Crippen LogP contribution in [0.2, 0.25) is 0 Å². The third-order valence-corrected chi connectivity index (χ3v) is 6.93.